The van der Waals surface area contributed by atoms with Gasteiger partial charge in [0.05, 0.1) is 11.4 Å². The van der Waals surface area contributed by atoms with Gasteiger partial charge in [0.2, 0.25) is 5.91 Å². The third-order valence-electron chi connectivity index (χ3n) is 3.44. The lowest BCUT2D eigenvalue weighted by Crippen LogP contribution is -2.32. The molecule has 0 aromatic heterocycles. The predicted molar refractivity (Wildman–Crippen MR) is 96.4 cm³/mol. The maximum atomic E-state index is 12.1. The highest BCUT2D eigenvalue weighted by atomic mass is 32.2. The average molecular weight is 360 g/mol. The van der Waals surface area contributed by atoms with E-state index >= 15 is 0 Å². The standard InChI is InChI=1S/C18H20N2O4S/c1-12-7-13(2)9-14(8-12)18(22)19-11-17(21)20-15-5-4-6-16(10-15)25(3,23)24/h4-10H,11H2,1-3H3,(H,19,22)(H,20,21). The van der Waals surface area contributed by atoms with E-state index in [4.69, 9.17) is 0 Å². The molecule has 0 saturated heterocycles. The van der Waals surface area contributed by atoms with E-state index in [1.165, 1.54) is 12.1 Å². The minimum absolute atomic E-state index is 0.115. The molecular formula is C18H20N2O4S. The second-order valence-electron chi connectivity index (χ2n) is 5.91. The summed E-state index contributed by atoms with van der Waals surface area (Å²) in [6.07, 6.45) is 1.10. The van der Waals surface area contributed by atoms with Crippen LogP contribution in [0.5, 0.6) is 0 Å². The normalized spacial score (nSPS) is 11.0. The minimum atomic E-state index is -3.35. The SMILES string of the molecule is Cc1cc(C)cc(C(=O)NCC(=O)Nc2cccc(S(C)(=O)=O)c2)c1. The minimum Gasteiger partial charge on any atom is -0.343 e. The summed E-state index contributed by atoms with van der Waals surface area (Å²) in [5.41, 5.74) is 2.78. The van der Waals surface area contributed by atoms with Crippen molar-refractivity contribution in [2.24, 2.45) is 0 Å². The van der Waals surface area contributed by atoms with Gasteiger partial charge in [0, 0.05) is 17.5 Å². The second kappa shape index (κ2) is 7.48. The number of nitrogens with one attached hydrogen (secondary N) is 2. The maximum Gasteiger partial charge on any atom is 0.251 e. The van der Waals surface area contributed by atoms with Crippen molar-refractivity contribution in [1.82, 2.24) is 5.32 Å². The van der Waals surface area contributed by atoms with Crippen molar-refractivity contribution in [2.45, 2.75) is 18.7 Å². The van der Waals surface area contributed by atoms with E-state index in [0.717, 1.165) is 17.4 Å². The smallest absolute Gasteiger partial charge is 0.251 e. The number of sulfone groups is 1. The fraction of sp³-hybridized carbons (Fsp3) is 0.222. The Kier molecular flexibility index (Phi) is 5.58. The van der Waals surface area contributed by atoms with Crippen molar-refractivity contribution in [3.63, 3.8) is 0 Å². The molecule has 6 nitrogen and oxygen atoms in total. The Hall–Kier alpha value is -2.67. The van der Waals surface area contributed by atoms with Crippen molar-refractivity contribution < 1.29 is 18.0 Å². The van der Waals surface area contributed by atoms with E-state index in [1.54, 1.807) is 24.3 Å². The average Bonchev–Trinajstić information content (AvgIpc) is 2.51. The second-order valence-corrected chi connectivity index (χ2v) is 7.92. The van der Waals surface area contributed by atoms with Crippen LogP contribution in [0, 0.1) is 13.8 Å². The molecule has 0 fully saturated rings. The number of carbonyl (C=O) groups is 2. The Labute approximate surface area is 147 Å². The van der Waals surface area contributed by atoms with Gasteiger partial charge in [-0.1, -0.05) is 23.3 Å². The van der Waals surface area contributed by atoms with Gasteiger partial charge in [-0.15, -0.1) is 0 Å². The Morgan fingerprint density at radius 1 is 1.00 bits per heavy atom. The van der Waals surface area contributed by atoms with E-state index in [1.807, 2.05) is 19.9 Å². The summed E-state index contributed by atoms with van der Waals surface area (Å²) in [5, 5.41) is 5.11. The highest BCUT2D eigenvalue weighted by Crippen LogP contribution is 2.15. The van der Waals surface area contributed by atoms with Crippen molar-refractivity contribution in [3.8, 4) is 0 Å². The van der Waals surface area contributed by atoms with Gasteiger partial charge in [-0.2, -0.15) is 0 Å². The first-order valence-corrected chi connectivity index (χ1v) is 9.51. The summed E-state index contributed by atoms with van der Waals surface area (Å²) in [6, 6.07) is 11.4. The van der Waals surface area contributed by atoms with Gasteiger partial charge in [-0.25, -0.2) is 8.42 Å². The first-order chi connectivity index (χ1) is 11.6. The van der Waals surface area contributed by atoms with Crippen LogP contribution in [0.2, 0.25) is 0 Å². The Balaban J connectivity index is 1.98. The van der Waals surface area contributed by atoms with Gasteiger partial charge in [0.15, 0.2) is 9.84 Å². The van der Waals surface area contributed by atoms with E-state index < -0.39 is 15.7 Å². The van der Waals surface area contributed by atoms with Crippen molar-refractivity contribution >= 4 is 27.3 Å². The molecule has 0 bridgehead atoms. The van der Waals surface area contributed by atoms with Gasteiger partial charge in [-0.05, 0) is 44.2 Å². The van der Waals surface area contributed by atoms with E-state index in [0.29, 0.717) is 11.3 Å². The van der Waals surface area contributed by atoms with Crippen LogP contribution in [-0.4, -0.2) is 33.0 Å². The third kappa shape index (κ3) is 5.42. The van der Waals surface area contributed by atoms with Crippen LogP contribution in [0.3, 0.4) is 0 Å². The molecule has 2 rings (SSSR count). The third-order valence-corrected chi connectivity index (χ3v) is 4.55. The molecule has 0 unspecified atom stereocenters. The zero-order valence-corrected chi connectivity index (χ0v) is 15.1. The molecule has 2 aromatic carbocycles. The lowest BCUT2D eigenvalue weighted by molar-refractivity contribution is -0.115. The van der Waals surface area contributed by atoms with Crippen LogP contribution in [0.4, 0.5) is 5.69 Å². The Bertz CT molecular complexity index is 900. The van der Waals surface area contributed by atoms with Gasteiger partial charge in [0.1, 0.15) is 0 Å². The van der Waals surface area contributed by atoms with Crippen molar-refractivity contribution in [1.29, 1.82) is 0 Å². The maximum absolute atomic E-state index is 12.1. The molecular weight excluding hydrogens is 340 g/mol. The molecule has 0 radical (unpaired) electrons. The van der Waals surface area contributed by atoms with Crippen LogP contribution in [0.1, 0.15) is 21.5 Å². The molecule has 0 heterocycles. The highest BCUT2D eigenvalue weighted by Gasteiger charge is 2.11. The summed E-state index contributed by atoms with van der Waals surface area (Å²) in [6.45, 7) is 3.57. The topological polar surface area (TPSA) is 92.3 Å². The summed E-state index contributed by atoms with van der Waals surface area (Å²) < 4.78 is 23.1. The van der Waals surface area contributed by atoms with E-state index in [9.17, 15) is 18.0 Å². The van der Waals surface area contributed by atoms with Crippen LogP contribution >= 0.6 is 0 Å². The molecule has 132 valence electrons. The Morgan fingerprint density at radius 2 is 1.64 bits per heavy atom. The number of benzene rings is 2. The lowest BCUT2D eigenvalue weighted by atomic mass is 10.1. The molecule has 0 atom stereocenters. The van der Waals surface area contributed by atoms with Gasteiger partial charge < -0.3 is 10.6 Å². The molecule has 2 N–H and O–H groups in total. The molecule has 2 aromatic rings. The van der Waals surface area contributed by atoms with Gasteiger partial charge in [0.25, 0.3) is 5.91 Å². The summed E-state index contributed by atoms with van der Waals surface area (Å²) in [7, 11) is -3.35. The van der Waals surface area contributed by atoms with E-state index in [-0.39, 0.29) is 17.3 Å². The number of amides is 2. The fourth-order valence-electron chi connectivity index (χ4n) is 2.38. The van der Waals surface area contributed by atoms with Crippen molar-refractivity contribution in [2.75, 3.05) is 18.1 Å². The predicted octanol–water partition coefficient (Wildman–Crippen LogP) is 2.08. The van der Waals surface area contributed by atoms with E-state index in [2.05, 4.69) is 10.6 Å². The molecule has 0 aliphatic heterocycles. The first kappa shape index (κ1) is 18.7. The zero-order chi connectivity index (χ0) is 18.6. The van der Waals surface area contributed by atoms with Crippen LogP contribution < -0.4 is 10.6 Å². The highest BCUT2D eigenvalue weighted by molar-refractivity contribution is 7.90. The summed E-state index contributed by atoms with van der Waals surface area (Å²) >= 11 is 0. The monoisotopic (exact) mass is 360 g/mol. The molecule has 0 aliphatic carbocycles. The van der Waals surface area contributed by atoms with Crippen molar-refractivity contribution in [3.05, 3.63) is 59.2 Å². The summed E-state index contributed by atoms with van der Waals surface area (Å²) in [5.74, 6) is -0.782. The largest absolute Gasteiger partial charge is 0.343 e. The van der Waals surface area contributed by atoms with Crippen LogP contribution in [0.25, 0.3) is 0 Å². The summed E-state index contributed by atoms with van der Waals surface area (Å²) in [4.78, 5) is 24.2. The molecule has 2 amide bonds. The number of carbonyl (C=O) groups excluding carboxylic acids is 2. The molecule has 0 saturated carbocycles. The van der Waals surface area contributed by atoms with Gasteiger partial charge >= 0.3 is 0 Å². The van der Waals surface area contributed by atoms with Crippen LogP contribution in [-0.2, 0) is 14.6 Å². The molecule has 0 aliphatic rings. The molecule has 25 heavy (non-hydrogen) atoms. The number of aryl methyl sites for hydroxylation is 2. The fourth-order valence-corrected chi connectivity index (χ4v) is 3.04. The number of hydrogen-bond acceptors (Lipinski definition) is 4. The van der Waals surface area contributed by atoms with Gasteiger partial charge in [-0.3, -0.25) is 9.59 Å². The van der Waals surface area contributed by atoms with Crippen LogP contribution in [0.15, 0.2) is 47.4 Å². The first-order valence-electron chi connectivity index (χ1n) is 7.61. The molecule has 7 heteroatoms. The number of hydrogen-bond donors (Lipinski definition) is 2. The Morgan fingerprint density at radius 3 is 2.24 bits per heavy atom. The quantitative estimate of drug-likeness (QED) is 0.854. The molecule has 0 spiro atoms. The number of anilines is 1. The zero-order valence-electron chi connectivity index (χ0n) is 14.3. The number of rotatable bonds is 5. The lowest BCUT2D eigenvalue weighted by Gasteiger charge is -2.09.